The quantitative estimate of drug-likeness (QED) is 0.561. The first-order chi connectivity index (χ1) is 9.08. The molecule has 2 aromatic carbocycles. The van der Waals surface area contributed by atoms with E-state index in [0.717, 1.165) is 11.1 Å². The van der Waals surface area contributed by atoms with Gasteiger partial charge in [-0.15, -0.1) is 0 Å². The molecule has 0 spiro atoms. The fourth-order valence-electron chi connectivity index (χ4n) is 1.74. The molecule has 2 rings (SSSR count). The number of hydrogen-bond donors (Lipinski definition) is 0. The molecule has 0 fully saturated rings. The van der Waals surface area contributed by atoms with Crippen molar-refractivity contribution in [3.63, 3.8) is 0 Å². The number of carbonyl (C=O) groups excluding carboxylic acids is 1. The van der Waals surface area contributed by atoms with Gasteiger partial charge in [0, 0.05) is 15.6 Å². The molecule has 0 radical (unpaired) electrons. The van der Waals surface area contributed by atoms with Gasteiger partial charge in [-0.3, -0.25) is 4.79 Å². The lowest BCUT2D eigenvalue weighted by atomic mass is 10.0. The van der Waals surface area contributed by atoms with Gasteiger partial charge in [0.1, 0.15) is 0 Å². The topological polar surface area (TPSA) is 17.1 Å². The molecule has 0 N–H and O–H groups in total. The summed E-state index contributed by atoms with van der Waals surface area (Å²) in [6.07, 6.45) is 3.23. The molecule has 3 heteroatoms. The molecule has 0 aliphatic heterocycles. The van der Waals surface area contributed by atoms with Crippen molar-refractivity contribution < 1.29 is 4.79 Å². The first kappa shape index (κ1) is 13.9. The van der Waals surface area contributed by atoms with Crippen LogP contribution < -0.4 is 0 Å². The summed E-state index contributed by atoms with van der Waals surface area (Å²) in [6.45, 7) is 1.91. The zero-order valence-corrected chi connectivity index (χ0v) is 11.9. The third-order valence-corrected chi connectivity index (χ3v) is 3.35. The van der Waals surface area contributed by atoms with Crippen LogP contribution >= 0.6 is 23.2 Å². The number of rotatable bonds is 3. The molecule has 96 valence electrons. The van der Waals surface area contributed by atoms with Gasteiger partial charge in [-0.2, -0.15) is 0 Å². The predicted molar refractivity (Wildman–Crippen MR) is 81.0 cm³/mol. The summed E-state index contributed by atoms with van der Waals surface area (Å²) in [4.78, 5) is 12.1. The average molecular weight is 291 g/mol. The standard InChI is InChI=1S/C16H12Cl2O/c1-11-4-2-3-5-14(11)16(19)9-7-12-6-8-13(17)10-15(12)18/h2-10H,1H3/b9-7-. The molecule has 19 heavy (non-hydrogen) atoms. The van der Waals surface area contributed by atoms with Gasteiger partial charge in [-0.25, -0.2) is 0 Å². The first-order valence-corrected chi connectivity index (χ1v) is 6.56. The minimum Gasteiger partial charge on any atom is -0.289 e. The van der Waals surface area contributed by atoms with Crippen molar-refractivity contribution >= 4 is 35.1 Å². The molecular formula is C16H12Cl2O. The summed E-state index contributed by atoms with van der Waals surface area (Å²) in [5.41, 5.74) is 2.43. The number of allylic oxidation sites excluding steroid dienone is 1. The Morgan fingerprint density at radius 1 is 1.11 bits per heavy atom. The van der Waals surface area contributed by atoms with Gasteiger partial charge in [-0.05, 0) is 42.3 Å². The van der Waals surface area contributed by atoms with Crippen molar-refractivity contribution in [2.24, 2.45) is 0 Å². The van der Waals surface area contributed by atoms with Gasteiger partial charge in [0.25, 0.3) is 0 Å². The maximum atomic E-state index is 12.1. The highest BCUT2D eigenvalue weighted by atomic mass is 35.5. The Bertz CT molecular complexity index is 645. The van der Waals surface area contributed by atoms with Crippen molar-refractivity contribution in [2.75, 3.05) is 0 Å². The molecule has 0 amide bonds. The Hall–Kier alpha value is -1.57. The van der Waals surface area contributed by atoms with E-state index in [1.165, 1.54) is 6.08 Å². The lowest BCUT2D eigenvalue weighted by Gasteiger charge is -2.01. The van der Waals surface area contributed by atoms with Crippen molar-refractivity contribution in [1.82, 2.24) is 0 Å². The number of benzene rings is 2. The molecule has 0 heterocycles. The van der Waals surface area contributed by atoms with Crippen LogP contribution in [0.3, 0.4) is 0 Å². The van der Waals surface area contributed by atoms with E-state index < -0.39 is 0 Å². The Morgan fingerprint density at radius 2 is 1.84 bits per heavy atom. The molecule has 0 bridgehead atoms. The van der Waals surface area contributed by atoms with E-state index in [0.29, 0.717) is 15.6 Å². The van der Waals surface area contributed by atoms with Gasteiger partial charge >= 0.3 is 0 Å². The summed E-state index contributed by atoms with van der Waals surface area (Å²) in [6, 6.07) is 12.7. The lowest BCUT2D eigenvalue weighted by molar-refractivity contribution is 0.104. The van der Waals surface area contributed by atoms with E-state index in [9.17, 15) is 4.79 Å². The van der Waals surface area contributed by atoms with E-state index in [-0.39, 0.29) is 5.78 Å². The highest BCUT2D eigenvalue weighted by molar-refractivity contribution is 6.35. The van der Waals surface area contributed by atoms with Gasteiger partial charge in [-0.1, -0.05) is 53.5 Å². The van der Waals surface area contributed by atoms with Gasteiger partial charge < -0.3 is 0 Å². The molecular weight excluding hydrogens is 279 g/mol. The average Bonchev–Trinajstić information content (AvgIpc) is 2.38. The Balaban J connectivity index is 2.24. The van der Waals surface area contributed by atoms with Gasteiger partial charge in [0.05, 0.1) is 0 Å². The highest BCUT2D eigenvalue weighted by Gasteiger charge is 2.05. The minimum atomic E-state index is -0.0379. The lowest BCUT2D eigenvalue weighted by Crippen LogP contribution is -1.96. The number of hydrogen-bond acceptors (Lipinski definition) is 1. The maximum Gasteiger partial charge on any atom is 0.186 e. The van der Waals surface area contributed by atoms with Crippen LogP contribution in [0.25, 0.3) is 6.08 Å². The molecule has 0 aliphatic carbocycles. The van der Waals surface area contributed by atoms with Crippen molar-refractivity contribution in [3.05, 3.63) is 75.3 Å². The minimum absolute atomic E-state index is 0.0379. The molecule has 0 aromatic heterocycles. The van der Waals surface area contributed by atoms with Crippen molar-refractivity contribution in [1.29, 1.82) is 0 Å². The summed E-state index contributed by atoms with van der Waals surface area (Å²) in [5, 5.41) is 1.11. The Kier molecular flexibility index (Phi) is 4.41. The van der Waals surface area contributed by atoms with E-state index in [4.69, 9.17) is 23.2 Å². The Labute approximate surface area is 122 Å². The maximum absolute atomic E-state index is 12.1. The third-order valence-electron chi connectivity index (χ3n) is 2.79. The highest BCUT2D eigenvalue weighted by Crippen LogP contribution is 2.22. The second-order valence-electron chi connectivity index (χ2n) is 4.18. The van der Waals surface area contributed by atoms with Crippen LogP contribution in [0.15, 0.2) is 48.5 Å². The molecule has 2 aromatic rings. The van der Waals surface area contributed by atoms with Crippen LogP contribution in [0.2, 0.25) is 10.0 Å². The summed E-state index contributed by atoms with van der Waals surface area (Å²) in [7, 11) is 0. The summed E-state index contributed by atoms with van der Waals surface area (Å²) in [5.74, 6) is -0.0379. The molecule has 0 unspecified atom stereocenters. The zero-order valence-electron chi connectivity index (χ0n) is 10.4. The Morgan fingerprint density at radius 3 is 2.53 bits per heavy atom. The second kappa shape index (κ2) is 6.05. The van der Waals surface area contributed by atoms with Crippen LogP contribution in [0.5, 0.6) is 0 Å². The number of carbonyl (C=O) groups is 1. The number of aryl methyl sites for hydroxylation is 1. The SMILES string of the molecule is Cc1ccccc1C(=O)/C=C\c1ccc(Cl)cc1Cl. The van der Waals surface area contributed by atoms with Crippen molar-refractivity contribution in [3.8, 4) is 0 Å². The zero-order chi connectivity index (χ0) is 13.8. The third kappa shape index (κ3) is 3.46. The number of halogens is 2. The summed E-state index contributed by atoms with van der Waals surface area (Å²) >= 11 is 11.9. The van der Waals surface area contributed by atoms with E-state index in [1.54, 1.807) is 24.3 Å². The molecule has 0 atom stereocenters. The summed E-state index contributed by atoms with van der Waals surface area (Å²) < 4.78 is 0. The predicted octanol–water partition coefficient (Wildman–Crippen LogP) is 5.20. The van der Waals surface area contributed by atoms with E-state index in [1.807, 2.05) is 31.2 Å². The number of ketones is 1. The van der Waals surface area contributed by atoms with Crippen LogP contribution in [-0.2, 0) is 0 Å². The fourth-order valence-corrected chi connectivity index (χ4v) is 2.21. The van der Waals surface area contributed by atoms with Crippen LogP contribution in [0, 0.1) is 6.92 Å². The largest absolute Gasteiger partial charge is 0.289 e. The molecule has 0 saturated carbocycles. The fraction of sp³-hybridized carbons (Fsp3) is 0.0625. The van der Waals surface area contributed by atoms with Crippen LogP contribution in [-0.4, -0.2) is 5.78 Å². The van der Waals surface area contributed by atoms with Crippen LogP contribution in [0.1, 0.15) is 21.5 Å². The molecule has 0 saturated heterocycles. The van der Waals surface area contributed by atoms with E-state index >= 15 is 0 Å². The normalized spacial score (nSPS) is 10.9. The van der Waals surface area contributed by atoms with Gasteiger partial charge in [0.2, 0.25) is 0 Å². The molecule has 1 nitrogen and oxygen atoms in total. The van der Waals surface area contributed by atoms with E-state index in [2.05, 4.69) is 0 Å². The van der Waals surface area contributed by atoms with Crippen LogP contribution in [0.4, 0.5) is 0 Å². The van der Waals surface area contributed by atoms with Gasteiger partial charge in [0.15, 0.2) is 5.78 Å². The molecule has 0 aliphatic rings. The second-order valence-corrected chi connectivity index (χ2v) is 5.02. The monoisotopic (exact) mass is 290 g/mol. The first-order valence-electron chi connectivity index (χ1n) is 5.81. The van der Waals surface area contributed by atoms with Crippen molar-refractivity contribution in [2.45, 2.75) is 6.92 Å². The smallest absolute Gasteiger partial charge is 0.186 e.